The highest BCUT2D eigenvalue weighted by atomic mass is 16.8. The van der Waals surface area contributed by atoms with Crippen molar-refractivity contribution in [1.29, 1.82) is 0 Å². The Morgan fingerprint density at radius 2 is 0.796 bits per heavy atom. The highest BCUT2D eigenvalue weighted by molar-refractivity contribution is 5.96. The summed E-state index contributed by atoms with van der Waals surface area (Å²) in [7, 11) is 0. The predicted molar refractivity (Wildman–Crippen MR) is 326 cm³/mol. The molecule has 5 aromatic rings. The van der Waals surface area contributed by atoms with E-state index >= 15 is 0 Å². The second kappa shape index (κ2) is 32.8. The number of aliphatic hydroxyl groups excluding tert-OH is 16. The molecule has 4 amide bonds. The van der Waals surface area contributed by atoms with E-state index in [1.807, 2.05) is 48.5 Å². The summed E-state index contributed by atoms with van der Waals surface area (Å²) in [6.45, 7) is -4.76. The van der Waals surface area contributed by atoms with E-state index in [4.69, 9.17) is 53.1 Å². The van der Waals surface area contributed by atoms with Crippen molar-refractivity contribution < 1.29 is 148 Å². The largest absolute Gasteiger partial charge is 0.462 e. The predicted octanol–water partition coefficient (Wildman–Crippen LogP) is -8.22. The van der Waals surface area contributed by atoms with Crippen LogP contribution in [0.25, 0.3) is 21.8 Å². The number of aromatic amines is 2. The number of primary amides is 1. The first-order valence-corrected chi connectivity index (χ1v) is 31.4. The van der Waals surface area contributed by atoms with Gasteiger partial charge in [-0.1, -0.05) is 36.4 Å². The van der Waals surface area contributed by atoms with Crippen molar-refractivity contribution in [2.24, 2.45) is 5.73 Å². The minimum Gasteiger partial charge on any atom is -0.462 e. The molecule has 5 aliphatic heterocycles. The molecule has 0 radical (unpaired) electrons. The SMILES string of the molecule is NC(=O)[C@H](Cc1c[nH]c2ccccc12)NC(=O)[C@H](Cc1c[nH]c2ccccc12)NC(=O)CCC(=O)Nc1ccc(O[C@H]2O[C@H](CO)[C@@H](O[C@H]3O[C@H](CO)[C@@H](O[C@H]4O[C@H](CO)[C@@H](O[C@H]5O[C@H](CO)[C@@H](O[C@H]6O[C@H](CO)[C@@H](O)[C@H](O)[C@H]6O)[C@H](O)[C@H]5O)[C@H](O)[C@H]4O)[C@H](O)[C@H]3O)[C@H](O)[C@H]2O)cc1. The van der Waals surface area contributed by atoms with E-state index in [2.05, 4.69) is 25.9 Å². The van der Waals surface area contributed by atoms with Gasteiger partial charge in [-0.15, -0.1) is 0 Å². The van der Waals surface area contributed by atoms with E-state index in [9.17, 15) is 101 Å². The molecule has 10 rings (SSSR count). The van der Waals surface area contributed by atoms with Gasteiger partial charge in [-0.2, -0.15) is 0 Å². The Morgan fingerprint density at radius 3 is 1.21 bits per heavy atom. The third kappa shape index (κ3) is 16.4. The van der Waals surface area contributed by atoms with Crippen LogP contribution in [0.2, 0.25) is 0 Å². The van der Waals surface area contributed by atoms with Gasteiger partial charge in [0, 0.05) is 65.6 Å². The van der Waals surface area contributed by atoms with Crippen LogP contribution in [0.15, 0.2) is 85.2 Å². The second-order valence-electron chi connectivity index (χ2n) is 24.3. The number of para-hydroxylation sites is 2. The van der Waals surface area contributed by atoms with Gasteiger partial charge >= 0.3 is 0 Å². The van der Waals surface area contributed by atoms with Crippen molar-refractivity contribution in [2.75, 3.05) is 38.4 Å². The number of aliphatic hydroxyl groups is 16. The van der Waals surface area contributed by atoms with Gasteiger partial charge in [0.2, 0.25) is 29.9 Å². The molecule has 7 heterocycles. The molecule has 0 unspecified atom stereocenters. The molecular weight excluding hydrogens is 1310 g/mol. The Morgan fingerprint density at radius 1 is 0.429 bits per heavy atom. The maximum absolute atomic E-state index is 14.0. The van der Waals surface area contributed by atoms with E-state index in [-0.39, 0.29) is 37.1 Å². The maximum atomic E-state index is 14.0. The first-order valence-electron chi connectivity index (χ1n) is 31.4. The quantitative estimate of drug-likeness (QED) is 0.0232. The van der Waals surface area contributed by atoms with Gasteiger partial charge in [0.1, 0.15) is 140 Å². The molecule has 5 saturated heterocycles. The Balaban J connectivity index is 0.694. The number of fused-ring (bicyclic) bond motifs is 2. The number of nitrogens with one attached hydrogen (secondary N) is 5. The number of amides is 4. The Kier molecular flexibility index (Phi) is 24.8. The fourth-order valence-electron chi connectivity index (χ4n) is 12.3. The van der Waals surface area contributed by atoms with Crippen LogP contribution in [-0.2, 0) is 74.7 Å². The molecular formula is C62H82N6O30. The summed E-state index contributed by atoms with van der Waals surface area (Å²) in [5.41, 5.74) is 9.04. The summed E-state index contributed by atoms with van der Waals surface area (Å²) in [6, 6.07) is 17.9. The second-order valence-corrected chi connectivity index (χ2v) is 24.3. The smallest absolute Gasteiger partial charge is 0.243 e. The number of aromatic nitrogens is 2. The summed E-state index contributed by atoms with van der Waals surface area (Å²) in [5, 5.41) is 182. The molecule has 0 saturated carbocycles. The van der Waals surface area contributed by atoms with E-state index in [0.29, 0.717) is 5.56 Å². The third-order valence-electron chi connectivity index (χ3n) is 17.8. The summed E-state index contributed by atoms with van der Waals surface area (Å²) >= 11 is 0. The molecule has 36 heteroatoms. The van der Waals surface area contributed by atoms with Gasteiger partial charge in [-0.3, -0.25) is 19.2 Å². The van der Waals surface area contributed by atoms with Crippen molar-refractivity contribution in [3.63, 3.8) is 0 Å². The number of rotatable bonds is 27. The van der Waals surface area contributed by atoms with Gasteiger partial charge in [-0.25, -0.2) is 0 Å². The van der Waals surface area contributed by atoms with E-state index in [1.54, 1.807) is 12.4 Å². The maximum Gasteiger partial charge on any atom is 0.243 e. The number of H-pyrrole nitrogens is 2. The van der Waals surface area contributed by atoms with Crippen LogP contribution in [0.5, 0.6) is 5.75 Å². The molecule has 5 fully saturated rings. The van der Waals surface area contributed by atoms with Gasteiger partial charge in [0.25, 0.3) is 0 Å². The van der Waals surface area contributed by atoms with E-state index in [1.165, 1.54) is 24.3 Å². The normalized spacial score (nSPS) is 35.9. The minimum atomic E-state index is -2.18. The lowest BCUT2D eigenvalue weighted by atomic mass is 9.95. The number of carbonyl (C=O) groups is 4. The molecule has 98 heavy (non-hydrogen) atoms. The average Bonchev–Trinajstić information content (AvgIpc) is 0.806. The zero-order chi connectivity index (χ0) is 70.4. The van der Waals surface area contributed by atoms with Crippen LogP contribution in [0.3, 0.4) is 0 Å². The zero-order valence-electron chi connectivity index (χ0n) is 52.0. The number of benzene rings is 3. The van der Waals surface area contributed by atoms with Crippen molar-refractivity contribution in [1.82, 2.24) is 20.6 Å². The first kappa shape index (κ1) is 74.1. The molecule has 5 aliphatic rings. The Bertz CT molecular complexity index is 3430. The molecule has 2 aromatic heterocycles. The van der Waals surface area contributed by atoms with Crippen LogP contribution in [0.1, 0.15) is 24.0 Å². The number of hydrogen-bond donors (Lipinski definition) is 22. The Hall–Kier alpha value is -6.58. The molecule has 27 atom stereocenters. The monoisotopic (exact) mass is 1390 g/mol. The van der Waals surface area contributed by atoms with Gasteiger partial charge < -0.3 is 161 Å². The van der Waals surface area contributed by atoms with Crippen molar-refractivity contribution in [3.8, 4) is 5.75 Å². The van der Waals surface area contributed by atoms with Crippen molar-refractivity contribution >= 4 is 51.1 Å². The van der Waals surface area contributed by atoms with E-state index in [0.717, 1.165) is 27.4 Å². The first-order chi connectivity index (χ1) is 46.9. The van der Waals surface area contributed by atoms with E-state index < -0.39 is 222 Å². The van der Waals surface area contributed by atoms with Crippen LogP contribution < -0.4 is 26.4 Å². The van der Waals surface area contributed by atoms with Crippen LogP contribution >= 0.6 is 0 Å². The molecule has 36 nitrogen and oxygen atoms in total. The van der Waals surface area contributed by atoms with Crippen LogP contribution in [0.4, 0.5) is 5.69 Å². The van der Waals surface area contributed by atoms with Crippen molar-refractivity contribution in [2.45, 2.75) is 191 Å². The number of hydrogen-bond acceptors (Lipinski definition) is 30. The number of anilines is 1. The fraction of sp³-hybridized carbons (Fsp3) is 0.581. The molecule has 3 aromatic carbocycles. The average molecular weight is 1390 g/mol. The highest BCUT2D eigenvalue weighted by Gasteiger charge is 2.57. The topological polar surface area (TPSA) is 578 Å². The molecule has 0 aliphatic carbocycles. The highest BCUT2D eigenvalue weighted by Crippen LogP contribution is 2.37. The summed E-state index contributed by atoms with van der Waals surface area (Å²) in [6.07, 6.45) is -44.3. The Labute approximate surface area is 555 Å². The summed E-state index contributed by atoms with van der Waals surface area (Å²) in [5.74, 6) is -2.73. The molecule has 0 bridgehead atoms. The van der Waals surface area contributed by atoms with Crippen molar-refractivity contribution in [3.05, 3.63) is 96.3 Å². The van der Waals surface area contributed by atoms with Gasteiger partial charge in [0.15, 0.2) is 25.2 Å². The molecule has 540 valence electrons. The van der Waals surface area contributed by atoms with Gasteiger partial charge in [0.05, 0.1) is 33.0 Å². The molecule has 0 spiro atoms. The lowest BCUT2D eigenvalue weighted by molar-refractivity contribution is -0.392. The third-order valence-corrected chi connectivity index (χ3v) is 17.8. The lowest BCUT2D eigenvalue weighted by Crippen LogP contribution is -2.68. The van der Waals surface area contributed by atoms with Crippen LogP contribution in [0, 0.1) is 0 Å². The summed E-state index contributed by atoms with van der Waals surface area (Å²) in [4.78, 5) is 59.7. The number of nitrogens with two attached hydrogens (primary N) is 1. The fourth-order valence-corrected chi connectivity index (χ4v) is 12.3. The standard InChI is InChI=1S/C62H82N6O30/c63-56(87)32(15-24-17-64-30-7-3-1-5-28(24)30)68-57(88)33(16-25-18-65-31-8-4-2-6-29(25)31)67-40(75)14-13-39(74)66-26-9-11-27(12-10-26)89-58-48(83)43(78)52(35(20-70)91-58)96-60-50(85)45(80)54(37(22-72)93-60)98-62-51(86)46(81)55(38(23-73)94-62)97-61-49(84)44(79)53(36(21-71)92-61)95-59-47(82)42(77)41(76)34(19-69)90-59/h1-12,17-18,32-38,41-55,58-62,64-65,69-73,76-86H,13-16,19-23H2,(H2,63,87)(H,66,74)(H,67,75)(H,68,88)/t32-,33-,34+,35+,36+,37+,38+,41+,42-,43+,44+,45+,46+,47+,48+,49+,50+,51+,52+,53+,54+,55+,58-,59+,60+,61+,62+/m0/s1. The zero-order valence-corrected chi connectivity index (χ0v) is 52.0. The summed E-state index contributed by atoms with van der Waals surface area (Å²) < 4.78 is 56.6. The van der Waals surface area contributed by atoms with Gasteiger partial charge in [-0.05, 0) is 47.5 Å². The lowest BCUT2D eigenvalue weighted by Gasteiger charge is -2.49. The molecule has 23 N–H and O–H groups in total. The number of carbonyl (C=O) groups excluding carboxylic acids is 4. The number of ether oxygens (including phenoxy) is 10. The van der Waals surface area contributed by atoms with Crippen LogP contribution in [-0.4, -0.2) is 314 Å². The minimum absolute atomic E-state index is 0.00672.